The number of esters is 1. The minimum Gasteiger partial charge on any atom is -0.471 e. The molecule has 10 nitrogen and oxygen atoms in total. The molecule has 0 bridgehead atoms. The second-order valence-electron chi connectivity index (χ2n) is 6.37. The fourth-order valence-corrected chi connectivity index (χ4v) is 3.08. The lowest BCUT2D eigenvalue weighted by atomic mass is 10.1. The van der Waals surface area contributed by atoms with E-state index in [0.29, 0.717) is 5.69 Å². The number of hydrogen-bond donors (Lipinski definition) is 1. The molecule has 11 heteroatoms. The summed E-state index contributed by atoms with van der Waals surface area (Å²) in [5.41, 5.74) is 2.24. The molecule has 2 amide bonds. The van der Waals surface area contributed by atoms with Crippen LogP contribution in [0.5, 0.6) is 5.75 Å². The first-order valence-corrected chi connectivity index (χ1v) is 9.25. The lowest BCUT2D eigenvalue weighted by molar-refractivity contribution is -0.386. The maximum absolute atomic E-state index is 12.7. The van der Waals surface area contributed by atoms with E-state index in [1.807, 2.05) is 0 Å². The number of hydrogen-bond acceptors (Lipinski definition) is 7. The molecule has 1 atom stereocenters. The number of nitrogens with one attached hydrogen (secondary N) is 1. The third-order valence-corrected chi connectivity index (χ3v) is 4.57. The van der Waals surface area contributed by atoms with E-state index in [-0.39, 0.29) is 21.9 Å². The molecule has 3 rings (SSSR count). The SMILES string of the molecule is COC(=O)C(C)Oc1c(Cl)cc(C=C2C(=O)NN(c3ccccc3)C2=O)cc1[N+](=O)[O-]. The van der Waals surface area contributed by atoms with Gasteiger partial charge in [0.05, 0.1) is 22.7 Å². The maximum Gasteiger partial charge on any atom is 0.346 e. The number of benzene rings is 2. The Morgan fingerprint density at radius 2 is 1.94 bits per heavy atom. The molecule has 1 N–H and O–H groups in total. The molecule has 0 aromatic heterocycles. The molecule has 1 unspecified atom stereocenters. The topological polar surface area (TPSA) is 128 Å². The molecular weight excluding hydrogens is 430 g/mol. The predicted molar refractivity (Wildman–Crippen MR) is 110 cm³/mol. The van der Waals surface area contributed by atoms with Crippen molar-refractivity contribution >= 4 is 46.8 Å². The average Bonchev–Trinajstić information content (AvgIpc) is 3.03. The highest BCUT2D eigenvalue weighted by Crippen LogP contribution is 2.38. The Morgan fingerprint density at radius 1 is 1.26 bits per heavy atom. The van der Waals surface area contributed by atoms with Crippen molar-refractivity contribution in [3.63, 3.8) is 0 Å². The van der Waals surface area contributed by atoms with Crippen molar-refractivity contribution in [3.05, 3.63) is 68.7 Å². The van der Waals surface area contributed by atoms with Gasteiger partial charge in [-0.15, -0.1) is 0 Å². The van der Waals surface area contributed by atoms with Crippen LogP contribution in [0, 0.1) is 10.1 Å². The van der Waals surface area contributed by atoms with Crippen LogP contribution in [0.1, 0.15) is 12.5 Å². The van der Waals surface area contributed by atoms with Gasteiger partial charge in [-0.2, -0.15) is 0 Å². The van der Waals surface area contributed by atoms with E-state index in [2.05, 4.69) is 10.2 Å². The summed E-state index contributed by atoms with van der Waals surface area (Å²) < 4.78 is 9.84. The Balaban J connectivity index is 1.97. The molecular formula is C20H16ClN3O7. The van der Waals surface area contributed by atoms with Crippen molar-refractivity contribution in [2.75, 3.05) is 12.1 Å². The number of carbonyl (C=O) groups excluding carboxylic acids is 3. The van der Waals surface area contributed by atoms with Crippen LogP contribution in [0.2, 0.25) is 5.02 Å². The number of carbonyl (C=O) groups is 3. The Hall–Kier alpha value is -3.92. The van der Waals surface area contributed by atoms with Crippen LogP contribution in [-0.4, -0.2) is 35.9 Å². The van der Waals surface area contributed by atoms with Gasteiger partial charge in [0, 0.05) is 6.07 Å². The number of ether oxygens (including phenoxy) is 2. The maximum atomic E-state index is 12.7. The number of methoxy groups -OCH3 is 1. The van der Waals surface area contributed by atoms with Crippen LogP contribution in [0.25, 0.3) is 6.08 Å². The number of nitro benzene ring substituents is 1. The van der Waals surface area contributed by atoms with E-state index in [0.717, 1.165) is 18.2 Å². The molecule has 1 saturated heterocycles. The first-order valence-electron chi connectivity index (χ1n) is 8.87. The molecule has 1 aliphatic heterocycles. The Morgan fingerprint density at radius 3 is 2.55 bits per heavy atom. The van der Waals surface area contributed by atoms with Gasteiger partial charge in [-0.1, -0.05) is 29.8 Å². The fraction of sp³-hybridized carbons (Fsp3) is 0.150. The van der Waals surface area contributed by atoms with E-state index in [1.54, 1.807) is 30.3 Å². The molecule has 0 radical (unpaired) electrons. The number of anilines is 1. The van der Waals surface area contributed by atoms with Crippen molar-refractivity contribution in [3.8, 4) is 5.75 Å². The van der Waals surface area contributed by atoms with E-state index >= 15 is 0 Å². The second-order valence-corrected chi connectivity index (χ2v) is 6.77. The lowest BCUT2D eigenvalue weighted by Crippen LogP contribution is -2.35. The third-order valence-electron chi connectivity index (χ3n) is 4.29. The van der Waals surface area contributed by atoms with Crippen LogP contribution < -0.4 is 15.2 Å². The number of hydrazine groups is 1. The Labute approximate surface area is 181 Å². The molecule has 1 heterocycles. The first-order chi connectivity index (χ1) is 14.7. The summed E-state index contributed by atoms with van der Waals surface area (Å²) >= 11 is 6.15. The quantitative estimate of drug-likeness (QED) is 0.238. The zero-order valence-electron chi connectivity index (χ0n) is 16.3. The summed E-state index contributed by atoms with van der Waals surface area (Å²) in [6.45, 7) is 1.35. The van der Waals surface area contributed by atoms with E-state index in [9.17, 15) is 24.5 Å². The monoisotopic (exact) mass is 445 g/mol. The third kappa shape index (κ3) is 4.48. The number of nitro groups is 1. The number of halogens is 1. The van der Waals surface area contributed by atoms with Crippen LogP contribution in [0.15, 0.2) is 48.0 Å². The van der Waals surface area contributed by atoms with Gasteiger partial charge in [0.2, 0.25) is 5.75 Å². The van der Waals surface area contributed by atoms with Crippen molar-refractivity contribution in [1.29, 1.82) is 0 Å². The van der Waals surface area contributed by atoms with Crippen LogP contribution in [0.3, 0.4) is 0 Å². The molecule has 0 saturated carbocycles. The summed E-state index contributed by atoms with van der Waals surface area (Å²) in [6.07, 6.45) is 0.0412. The summed E-state index contributed by atoms with van der Waals surface area (Å²) in [5, 5.41) is 12.4. The van der Waals surface area contributed by atoms with Crippen molar-refractivity contribution in [2.24, 2.45) is 0 Å². The first kappa shape index (κ1) is 21.8. The smallest absolute Gasteiger partial charge is 0.346 e. The summed E-state index contributed by atoms with van der Waals surface area (Å²) in [5.74, 6) is -2.38. The molecule has 0 aliphatic carbocycles. The minimum atomic E-state index is -1.15. The average molecular weight is 446 g/mol. The standard InChI is InChI=1S/C20H16ClN3O7/c1-11(20(27)30-2)31-17-15(21)9-12(10-16(17)24(28)29)8-14-18(25)22-23(19(14)26)13-6-4-3-5-7-13/h3-11H,1-2H3,(H,22,25). The van der Waals surface area contributed by atoms with Gasteiger partial charge in [-0.3, -0.25) is 25.1 Å². The minimum absolute atomic E-state index is 0.128. The summed E-state index contributed by atoms with van der Waals surface area (Å²) in [6, 6.07) is 10.8. The summed E-state index contributed by atoms with van der Waals surface area (Å²) in [4.78, 5) is 47.3. The molecule has 1 fully saturated rings. The van der Waals surface area contributed by atoms with Gasteiger partial charge < -0.3 is 9.47 Å². The second kappa shape index (κ2) is 8.84. The van der Waals surface area contributed by atoms with Crippen LogP contribution in [0.4, 0.5) is 11.4 Å². The van der Waals surface area contributed by atoms with Crippen LogP contribution in [-0.2, 0) is 19.1 Å². The van der Waals surface area contributed by atoms with Crippen molar-refractivity contribution < 1.29 is 28.8 Å². The molecule has 31 heavy (non-hydrogen) atoms. The summed E-state index contributed by atoms with van der Waals surface area (Å²) in [7, 11) is 1.15. The van der Waals surface area contributed by atoms with Gasteiger partial charge >= 0.3 is 11.7 Å². The lowest BCUT2D eigenvalue weighted by Gasteiger charge is -2.14. The van der Waals surface area contributed by atoms with Gasteiger partial charge in [-0.25, -0.2) is 9.80 Å². The molecule has 160 valence electrons. The normalized spacial score (nSPS) is 15.6. The predicted octanol–water partition coefficient (Wildman–Crippen LogP) is 2.65. The number of para-hydroxylation sites is 1. The van der Waals surface area contributed by atoms with E-state index < -0.39 is 34.5 Å². The molecule has 2 aromatic rings. The van der Waals surface area contributed by atoms with Crippen molar-refractivity contribution in [2.45, 2.75) is 13.0 Å². The Bertz CT molecular complexity index is 1100. The van der Waals surface area contributed by atoms with Gasteiger partial charge in [0.15, 0.2) is 6.10 Å². The highest BCUT2D eigenvalue weighted by Gasteiger charge is 2.35. The highest BCUT2D eigenvalue weighted by atomic mass is 35.5. The van der Waals surface area contributed by atoms with Gasteiger partial charge in [0.1, 0.15) is 5.57 Å². The largest absolute Gasteiger partial charge is 0.471 e. The fourth-order valence-electron chi connectivity index (χ4n) is 2.81. The van der Waals surface area contributed by atoms with E-state index in [1.165, 1.54) is 19.1 Å². The zero-order valence-corrected chi connectivity index (χ0v) is 17.1. The molecule has 1 aliphatic rings. The number of nitrogens with zero attached hydrogens (tertiary/aromatic N) is 2. The Kier molecular flexibility index (Phi) is 6.21. The van der Waals surface area contributed by atoms with Gasteiger partial charge in [-0.05, 0) is 36.8 Å². The van der Waals surface area contributed by atoms with Crippen molar-refractivity contribution in [1.82, 2.24) is 5.43 Å². The molecule has 2 aromatic carbocycles. The number of amides is 2. The van der Waals surface area contributed by atoms with Gasteiger partial charge in [0.25, 0.3) is 11.8 Å². The highest BCUT2D eigenvalue weighted by molar-refractivity contribution is 6.33. The van der Waals surface area contributed by atoms with E-state index in [4.69, 9.17) is 16.3 Å². The van der Waals surface area contributed by atoms with Crippen LogP contribution >= 0.6 is 11.6 Å². The number of rotatable bonds is 6. The molecule has 0 spiro atoms. The zero-order chi connectivity index (χ0) is 22.7.